The lowest BCUT2D eigenvalue weighted by Crippen LogP contribution is -2.29. The number of thiophene rings is 1. The Balaban J connectivity index is 2.13. The fraction of sp³-hybridized carbons (Fsp3) is 0.308. The average molecular weight is 263 g/mol. The molecule has 2 heterocycles. The van der Waals surface area contributed by atoms with Crippen LogP contribution >= 0.6 is 11.3 Å². The highest BCUT2D eigenvalue weighted by molar-refractivity contribution is 7.10. The second-order valence-electron chi connectivity index (χ2n) is 4.06. The first-order valence-corrected chi connectivity index (χ1v) is 6.61. The zero-order valence-corrected chi connectivity index (χ0v) is 11.3. The molecule has 0 spiro atoms. The van der Waals surface area contributed by atoms with E-state index < -0.39 is 0 Å². The van der Waals surface area contributed by atoms with Gasteiger partial charge in [-0.25, -0.2) is 4.98 Å². The number of nitrogens with zero attached hydrogens (tertiary/aromatic N) is 1. The zero-order chi connectivity index (χ0) is 13.0. The monoisotopic (exact) mass is 263 g/mol. The Morgan fingerprint density at radius 2 is 2.28 bits per heavy atom. The quantitative estimate of drug-likeness (QED) is 0.641. The highest BCUT2D eigenvalue weighted by Crippen LogP contribution is 2.25. The summed E-state index contributed by atoms with van der Waals surface area (Å²) >= 11 is 1.73. The summed E-state index contributed by atoms with van der Waals surface area (Å²) in [6.45, 7) is 2.11. The SMILES string of the molecule is COc1ccc(CC(NN)c2ccsc2C)cn1. The Labute approximate surface area is 111 Å². The van der Waals surface area contributed by atoms with Crippen LogP contribution in [-0.2, 0) is 6.42 Å². The van der Waals surface area contributed by atoms with Gasteiger partial charge in [0.2, 0.25) is 5.88 Å². The predicted octanol–water partition coefficient (Wildman–Crippen LogP) is 2.21. The molecule has 1 unspecified atom stereocenters. The Kier molecular flexibility index (Phi) is 4.30. The van der Waals surface area contributed by atoms with Crippen LogP contribution in [0.2, 0.25) is 0 Å². The number of hydrogen-bond acceptors (Lipinski definition) is 5. The Morgan fingerprint density at radius 3 is 2.78 bits per heavy atom. The van der Waals surface area contributed by atoms with Crippen LogP contribution < -0.4 is 16.0 Å². The van der Waals surface area contributed by atoms with Gasteiger partial charge in [0, 0.05) is 17.1 Å². The van der Waals surface area contributed by atoms with Gasteiger partial charge in [0.05, 0.1) is 13.2 Å². The summed E-state index contributed by atoms with van der Waals surface area (Å²) in [5.74, 6) is 6.27. The van der Waals surface area contributed by atoms with Crippen molar-refractivity contribution in [3.63, 3.8) is 0 Å². The molecule has 2 aromatic rings. The molecule has 96 valence electrons. The van der Waals surface area contributed by atoms with Crippen molar-refractivity contribution in [2.45, 2.75) is 19.4 Å². The van der Waals surface area contributed by atoms with E-state index in [-0.39, 0.29) is 6.04 Å². The van der Waals surface area contributed by atoms with Crippen molar-refractivity contribution in [3.05, 3.63) is 45.8 Å². The van der Waals surface area contributed by atoms with Gasteiger partial charge in [0.15, 0.2) is 0 Å². The minimum atomic E-state index is 0.117. The van der Waals surface area contributed by atoms with Crippen molar-refractivity contribution in [1.29, 1.82) is 0 Å². The number of hydrogen-bond donors (Lipinski definition) is 2. The number of aromatic nitrogens is 1. The third kappa shape index (κ3) is 2.87. The molecule has 0 aromatic carbocycles. The van der Waals surface area contributed by atoms with Crippen molar-refractivity contribution in [2.75, 3.05) is 7.11 Å². The molecule has 0 saturated carbocycles. The smallest absolute Gasteiger partial charge is 0.212 e. The molecule has 0 aliphatic rings. The number of rotatable bonds is 5. The van der Waals surface area contributed by atoms with Gasteiger partial charge in [-0.2, -0.15) is 0 Å². The average Bonchev–Trinajstić information content (AvgIpc) is 2.83. The maximum absolute atomic E-state index is 5.65. The van der Waals surface area contributed by atoms with E-state index in [0.29, 0.717) is 5.88 Å². The second-order valence-corrected chi connectivity index (χ2v) is 5.18. The normalized spacial score (nSPS) is 12.4. The highest BCUT2D eigenvalue weighted by atomic mass is 32.1. The maximum atomic E-state index is 5.65. The zero-order valence-electron chi connectivity index (χ0n) is 10.5. The molecule has 0 radical (unpaired) electrons. The molecule has 2 rings (SSSR count). The molecule has 4 nitrogen and oxygen atoms in total. The lowest BCUT2D eigenvalue weighted by Gasteiger charge is -2.16. The molecule has 5 heteroatoms. The molecule has 1 atom stereocenters. The number of ether oxygens (including phenoxy) is 1. The van der Waals surface area contributed by atoms with Gasteiger partial charge in [-0.3, -0.25) is 11.3 Å². The summed E-state index contributed by atoms with van der Waals surface area (Å²) in [5.41, 5.74) is 5.25. The van der Waals surface area contributed by atoms with Crippen LogP contribution in [0.25, 0.3) is 0 Å². The Bertz CT molecular complexity index is 495. The van der Waals surface area contributed by atoms with E-state index in [2.05, 4.69) is 28.8 Å². The van der Waals surface area contributed by atoms with Crippen molar-refractivity contribution in [1.82, 2.24) is 10.4 Å². The van der Waals surface area contributed by atoms with E-state index >= 15 is 0 Å². The van der Waals surface area contributed by atoms with E-state index in [0.717, 1.165) is 12.0 Å². The number of pyridine rings is 1. The van der Waals surface area contributed by atoms with Gasteiger partial charge >= 0.3 is 0 Å². The lowest BCUT2D eigenvalue weighted by atomic mass is 10.0. The molecule has 0 saturated heterocycles. The molecule has 0 bridgehead atoms. The van der Waals surface area contributed by atoms with E-state index in [4.69, 9.17) is 10.6 Å². The number of aryl methyl sites for hydroxylation is 1. The first-order valence-electron chi connectivity index (χ1n) is 5.73. The molecule has 0 aliphatic heterocycles. The summed E-state index contributed by atoms with van der Waals surface area (Å²) in [4.78, 5) is 5.49. The van der Waals surface area contributed by atoms with Crippen LogP contribution in [0, 0.1) is 6.92 Å². The van der Waals surface area contributed by atoms with Gasteiger partial charge in [-0.1, -0.05) is 6.07 Å². The molecule has 2 aromatic heterocycles. The summed E-state index contributed by atoms with van der Waals surface area (Å²) < 4.78 is 5.04. The van der Waals surface area contributed by atoms with Crippen LogP contribution in [-0.4, -0.2) is 12.1 Å². The third-order valence-electron chi connectivity index (χ3n) is 2.92. The van der Waals surface area contributed by atoms with Crippen molar-refractivity contribution >= 4 is 11.3 Å². The molecule has 18 heavy (non-hydrogen) atoms. The van der Waals surface area contributed by atoms with E-state index in [9.17, 15) is 0 Å². The summed E-state index contributed by atoms with van der Waals surface area (Å²) in [7, 11) is 1.61. The first kappa shape index (κ1) is 13.0. The van der Waals surface area contributed by atoms with Gasteiger partial charge in [-0.15, -0.1) is 11.3 Å². The van der Waals surface area contributed by atoms with Crippen molar-refractivity contribution in [2.24, 2.45) is 5.84 Å². The molecule has 0 amide bonds. The van der Waals surface area contributed by atoms with Gasteiger partial charge in [0.25, 0.3) is 0 Å². The minimum absolute atomic E-state index is 0.117. The first-order chi connectivity index (χ1) is 8.74. The van der Waals surface area contributed by atoms with Crippen LogP contribution in [0.3, 0.4) is 0 Å². The van der Waals surface area contributed by atoms with E-state index in [1.165, 1.54) is 10.4 Å². The fourth-order valence-electron chi connectivity index (χ4n) is 1.90. The Hall–Kier alpha value is -1.43. The van der Waals surface area contributed by atoms with E-state index in [1.807, 2.05) is 18.3 Å². The molecular weight excluding hydrogens is 246 g/mol. The van der Waals surface area contributed by atoms with Gasteiger partial charge in [-0.05, 0) is 35.9 Å². The number of nitrogens with two attached hydrogens (primary N) is 1. The molecule has 0 fully saturated rings. The lowest BCUT2D eigenvalue weighted by molar-refractivity contribution is 0.397. The minimum Gasteiger partial charge on any atom is -0.481 e. The topological polar surface area (TPSA) is 60.2 Å². The number of methoxy groups -OCH3 is 1. The Morgan fingerprint density at radius 1 is 1.44 bits per heavy atom. The van der Waals surface area contributed by atoms with Crippen LogP contribution in [0.15, 0.2) is 29.8 Å². The number of hydrazine groups is 1. The maximum Gasteiger partial charge on any atom is 0.212 e. The highest BCUT2D eigenvalue weighted by Gasteiger charge is 2.14. The fourth-order valence-corrected chi connectivity index (χ4v) is 2.67. The van der Waals surface area contributed by atoms with E-state index in [1.54, 1.807) is 18.4 Å². The van der Waals surface area contributed by atoms with Gasteiger partial charge in [0.1, 0.15) is 0 Å². The second kappa shape index (κ2) is 5.95. The standard InChI is InChI=1S/C13H17N3OS/c1-9-11(5-6-18-9)12(16-14)7-10-3-4-13(17-2)15-8-10/h3-6,8,12,16H,7,14H2,1-2H3. The number of nitrogens with one attached hydrogen (secondary N) is 1. The molecule has 3 N–H and O–H groups in total. The summed E-state index contributed by atoms with van der Waals surface area (Å²) in [6.07, 6.45) is 2.63. The largest absolute Gasteiger partial charge is 0.481 e. The summed E-state index contributed by atoms with van der Waals surface area (Å²) in [5, 5.41) is 2.08. The third-order valence-corrected chi connectivity index (χ3v) is 3.78. The molecule has 0 aliphatic carbocycles. The molecular formula is C13H17N3OS. The van der Waals surface area contributed by atoms with Crippen LogP contribution in [0.5, 0.6) is 5.88 Å². The van der Waals surface area contributed by atoms with Crippen LogP contribution in [0.1, 0.15) is 22.0 Å². The van der Waals surface area contributed by atoms with Crippen LogP contribution in [0.4, 0.5) is 0 Å². The van der Waals surface area contributed by atoms with Gasteiger partial charge < -0.3 is 4.74 Å². The summed E-state index contributed by atoms with van der Waals surface area (Å²) in [6, 6.07) is 6.11. The predicted molar refractivity (Wildman–Crippen MR) is 73.6 cm³/mol. The van der Waals surface area contributed by atoms with Crippen molar-refractivity contribution in [3.8, 4) is 5.88 Å². The van der Waals surface area contributed by atoms with Crippen molar-refractivity contribution < 1.29 is 4.74 Å².